The topological polar surface area (TPSA) is 220 Å². The highest BCUT2D eigenvalue weighted by Crippen LogP contribution is 2.40. The maximum absolute atomic E-state index is 14.3. The van der Waals surface area contributed by atoms with E-state index in [0.717, 1.165) is 16.0 Å². The van der Waals surface area contributed by atoms with Crippen LogP contribution >= 0.6 is 33.2 Å². The van der Waals surface area contributed by atoms with E-state index in [1.807, 2.05) is 26.8 Å². The van der Waals surface area contributed by atoms with Gasteiger partial charge in [0.05, 0.1) is 25.8 Å². The predicted octanol–water partition coefficient (Wildman–Crippen LogP) is 5.52. The van der Waals surface area contributed by atoms with Gasteiger partial charge in [0.1, 0.15) is 40.7 Å². The van der Waals surface area contributed by atoms with Crippen LogP contribution in [0.25, 0.3) is 0 Å². The van der Waals surface area contributed by atoms with Crippen molar-refractivity contribution in [2.45, 2.75) is 127 Å². The summed E-state index contributed by atoms with van der Waals surface area (Å²) in [7, 11) is 9.04. The Labute approximate surface area is 417 Å². The first-order chi connectivity index (χ1) is 32.3. The summed E-state index contributed by atoms with van der Waals surface area (Å²) in [4.78, 5) is 94.5. The predicted molar refractivity (Wildman–Crippen MR) is 265 cm³/mol. The number of nitrogens with zero attached hydrogens (tertiary/aromatic N) is 3. The molecule has 1 saturated heterocycles. The van der Waals surface area contributed by atoms with Crippen molar-refractivity contribution in [1.29, 1.82) is 0 Å². The number of halogens is 1. The van der Waals surface area contributed by atoms with Crippen LogP contribution in [0.1, 0.15) is 86.1 Å². The number of anilines is 1. The number of nitrogens with one attached hydrogen (secondary N) is 2. The van der Waals surface area contributed by atoms with Crippen LogP contribution in [0.4, 0.5) is 10.5 Å². The summed E-state index contributed by atoms with van der Waals surface area (Å²) in [6.07, 6.45) is 4.24. The monoisotopic (exact) mass is 1020 g/mol. The van der Waals surface area contributed by atoms with E-state index in [1.165, 1.54) is 60.9 Å². The number of carbonyl (C=O) groups excluding carboxylic acids is 7. The van der Waals surface area contributed by atoms with Gasteiger partial charge in [-0.2, -0.15) is 0 Å². The van der Waals surface area contributed by atoms with Gasteiger partial charge in [0, 0.05) is 82.1 Å². The molecule has 3 N–H and O–H groups in total. The Hall–Kier alpha value is -4.60. The van der Waals surface area contributed by atoms with Crippen molar-refractivity contribution in [1.82, 2.24) is 20.4 Å². The van der Waals surface area contributed by atoms with Gasteiger partial charge in [-0.15, -0.1) is 0 Å². The molecule has 0 spiro atoms. The lowest BCUT2D eigenvalue weighted by Gasteiger charge is -2.37. The number of allylic oxidation sites excluding steroid dienone is 3. The molecule has 1 fully saturated rings. The van der Waals surface area contributed by atoms with E-state index >= 15 is 0 Å². The third kappa shape index (κ3) is 16.0. The van der Waals surface area contributed by atoms with Gasteiger partial charge >= 0.3 is 12.1 Å². The Morgan fingerprint density at radius 2 is 1.80 bits per heavy atom. The van der Waals surface area contributed by atoms with Crippen LogP contribution < -0.4 is 20.3 Å². The van der Waals surface area contributed by atoms with Gasteiger partial charge in [-0.3, -0.25) is 34.2 Å². The van der Waals surface area contributed by atoms with Gasteiger partial charge in [0.25, 0.3) is 11.8 Å². The molecule has 21 heteroatoms. The third-order valence-electron chi connectivity index (χ3n) is 12.3. The van der Waals surface area contributed by atoms with Gasteiger partial charge in [-0.25, -0.2) is 9.59 Å². The number of hydrogen-bond acceptors (Lipinski definition) is 15. The molecule has 3 aliphatic rings. The van der Waals surface area contributed by atoms with Gasteiger partial charge in [-0.05, 0) is 72.1 Å². The summed E-state index contributed by atoms with van der Waals surface area (Å²) in [6, 6.07) is 2.47. The maximum Gasteiger partial charge on any atom is 0.409 e. The molecule has 0 saturated carbocycles. The van der Waals surface area contributed by atoms with Crippen molar-refractivity contribution in [2.75, 3.05) is 58.7 Å². The summed E-state index contributed by atoms with van der Waals surface area (Å²) in [5.74, 6) is -2.28. The van der Waals surface area contributed by atoms with Crippen molar-refractivity contribution >= 4 is 80.5 Å². The van der Waals surface area contributed by atoms with E-state index in [0.29, 0.717) is 36.6 Å². The number of amides is 6. The van der Waals surface area contributed by atoms with Crippen LogP contribution in [-0.2, 0) is 54.1 Å². The second-order valence-electron chi connectivity index (χ2n) is 18.6. The summed E-state index contributed by atoms with van der Waals surface area (Å²) in [6.45, 7) is 12.7. The van der Waals surface area contributed by atoms with E-state index in [9.17, 15) is 38.7 Å². The Morgan fingerprint density at radius 1 is 1.12 bits per heavy atom. The molecule has 1 aromatic rings. The smallest absolute Gasteiger partial charge is 0.409 e. The average Bonchev–Trinajstić information content (AvgIpc) is 3.55. The molecule has 4 rings (SSSR count). The molecule has 6 atom stereocenters. The Kier molecular flexibility index (Phi) is 20.6. The number of alkyl carbamates (subject to hydrolysis) is 1. The number of aliphatic hydroxyl groups is 1. The first-order valence-electron chi connectivity index (χ1n) is 22.7. The van der Waals surface area contributed by atoms with E-state index in [-0.39, 0.29) is 60.4 Å². The quantitative estimate of drug-likeness (QED) is 0.0803. The molecule has 3 heterocycles. The number of hydrogen-bond donors (Lipinski definition) is 3. The van der Waals surface area contributed by atoms with Gasteiger partial charge in [-0.1, -0.05) is 63.9 Å². The number of benzene rings is 1. The van der Waals surface area contributed by atoms with Crippen LogP contribution in [-0.4, -0.2) is 151 Å². The lowest BCUT2D eigenvalue weighted by Crippen LogP contribution is -2.56. The number of rotatable bonds is 16. The highest BCUT2D eigenvalue weighted by Gasteiger charge is 2.46. The van der Waals surface area contributed by atoms with Crippen LogP contribution in [0.2, 0.25) is 5.02 Å². The zero-order chi connectivity index (χ0) is 51.4. The number of ether oxygens (including phenoxy) is 5. The van der Waals surface area contributed by atoms with Crippen molar-refractivity contribution in [2.24, 2.45) is 5.92 Å². The fraction of sp³-hybridized carbons (Fsp3) is 0.604. The highest BCUT2D eigenvalue weighted by atomic mass is 35.5. The average molecular weight is 1020 g/mol. The molecule has 0 aliphatic carbocycles. The largest absolute Gasteiger partial charge is 0.495 e. The molecule has 382 valence electrons. The number of methoxy groups -OCH3 is 2. The molecule has 0 radical (unpaired) electrons. The lowest BCUT2D eigenvalue weighted by atomic mass is 9.90. The second kappa shape index (κ2) is 25.0. The number of fused-ring (bicyclic) bond motifs is 5. The third-order valence-corrected chi connectivity index (χ3v) is 16.0. The number of carbonyl (C=O) groups is 7. The zero-order valence-corrected chi connectivity index (χ0v) is 43.8. The minimum absolute atomic E-state index is 0.00191. The second-order valence-corrected chi connectivity index (χ2v) is 22.1. The first-order valence-corrected chi connectivity index (χ1v) is 25.4. The Balaban J connectivity index is 1.47. The van der Waals surface area contributed by atoms with E-state index in [2.05, 4.69) is 10.6 Å². The summed E-state index contributed by atoms with van der Waals surface area (Å²) < 4.78 is 29.2. The fourth-order valence-electron chi connectivity index (χ4n) is 7.66. The van der Waals surface area contributed by atoms with Gasteiger partial charge in [0.15, 0.2) is 5.72 Å². The van der Waals surface area contributed by atoms with E-state index in [1.54, 1.807) is 62.9 Å². The molecular formula is C48H68ClN5O13S2. The van der Waals surface area contributed by atoms with E-state index in [4.69, 9.17) is 35.3 Å². The fourth-order valence-corrected chi connectivity index (χ4v) is 10.5. The lowest BCUT2D eigenvalue weighted by molar-refractivity contribution is -0.181. The van der Waals surface area contributed by atoms with Gasteiger partial charge in [0.2, 0.25) is 17.7 Å². The summed E-state index contributed by atoms with van der Waals surface area (Å²) in [5, 5.41) is 17.3. The molecule has 69 heavy (non-hydrogen) atoms. The van der Waals surface area contributed by atoms with Crippen LogP contribution in [0.15, 0.2) is 48.1 Å². The maximum atomic E-state index is 14.3. The first kappa shape index (κ1) is 57.0. The number of likely N-dealkylation sites (N-methyl/N-ethyl adjacent to an activating group) is 1. The summed E-state index contributed by atoms with van der Waals surface area (Å²) >= 11 is 6.81. The summed E-state index contributed by atoms with van der Waals surface area (Å²) in [5.41, 5.74) is -1.22. The van der Waals surface area contributed by atoms with Crippen molar-refractivity contribution < 1.29 is 62.4 Å². The highest BCUT2D eigenvalue weighted by molar-refractivity contribution is 8.77. The van der Waals surface area contributed by atoms with Gasteiger partial charge < -0.3 is 43.9 Å². The molecule has 6 amide bonds. The molecule has 1 aromatic carbocycles. The van der Waals surface area contributed by atoms with Crippen molar-refractivity contribution in [3.63, 3.8) is 0 Å². The Morgan fingerprint density at radius 3 is 2.45 bits per heavy atom. The van der Waals surface area contributed by atoms with Crippen LogP contribution in [0.3, 0.4) is 0 Å². The Bertz CT molecular complexity index is 2150. The molecule has 0 aromatic heterocycles. The van der Waals surface area contributed by atoms with Crippen molar-refractivity contribution in [3.8, 4) is 5.75 Å². The normalized spacial score (nSPS) is 25.1. The van der Waals surface area contributed by atoms with Crippen LogP contribution in [0.5, 0.6) is 5.75 Å². The number of esters is 1. The van der Waals surface area contributed by atoms with Crippen LogP contribution in [0, 0.1) is 5.92 Å². The molecule has 2 unspecified atom stereocenters. The van der Waals surface area contributed by atoms with Crippen molar-refractivity contribution in [3.05, 3.63) is 58.7 Å². The minimum atomic E-state index is -1.85. The van der Waals surface area contributed by atoms with E-state index < -0.39 is 71.4 Å². The standard InChI is InChI=1S/C48H68ClN5O13S2/c1-29-13-12-14-36(64-11)48(62)27-30(2)35(66-45(61)51-48)28-65-47(6,7)37(26-42(59)53(9)33-24-32(23-29)25-34(63-10)43(33)49)67-44(60)31(3)52(8)39(56)17-19-46(4,5)69-68-22-20-50-38(55)18-21-54-40(57)15-16-41(54)58/h12-16,24-25,30-31,35-37,62H,17-23,26-28H2,1-11H3,(H,50,55)(H,51,61)/b14-12+,29-13+/t30?,31-,35?,36+,37-,48-/m0/s1. The zero-order valence-electron chi connectivity index (χ0n) is 41.4. The molecule has 3 aliphatic heterocycles. The number of imide groups is 1. The molecule has 4 bridgehead atoms. The molecular weight excluding hydrogens is 954 g/mol. The SMILES string of the molecule is COc1cc2cc(c1Cl)N(C)C(=O)C[C@H](OC(=O)[C@H](C)N(C)C(=O)CCC(C)(C)SSCCNC(=O)CCN1C(=O)C=CC1=O)C(C)(C)OCC1OC(=O)N[C@](O)(CC1C)[C@H](OC)/C=C/C=C(\C)C2. The molecule has 18 nitrogen and oxygen atoms in total. The minimum Gasteiger partial charge on any atom is -0.495 e.